The Balaban J connectivity index is 1.66. The van der Waals surface area contributed by atoms with Gasteiger partial charge in [0.2, 0.25) is 15.9 Å². The van der Waals surface area contributed by atoms with Crippen LogP contribution in [0.1, 0.15) is 36.0 Å². The molecule has 0 bridgehead atoms. The van der Waals surface area contributed by atoms with Crippen LogP contribution in [0, 0.1) is 11.6 Å². The molecule has 0 unspecified atom stereocenters. The molecule has 0 aromatic heterocycles. The smallest absolute Gasteiger partial charge is 0.254 e. The number of halogens is 2. The molecule has 1 saturated heterocycles. The van der Waals surface area contributed by atoms with Crippen LogP contribution in [0.5, 0.6) is 0 Å². The molecule has 27 heavy (non-hydrogen) atoms. The fourth-order valence-corrected chi connectivity index (χ4v) is 3.73. The molecule has 10 heteroatoms. The van der Waals surface area contributed by atoms with Gasteiger partial charge < -0.3 is 10.6 Å². The average Bonchev–Trinajstić information content (AvgIpc) is 2.58. The zero-order chi connectivity index (χ0) is 20.0. The van der Waals surface area contributed by atoms with E-state index in [-0.39, 0.29) is 30.5 Å². The van der Waals surface area contributed by atoms with E-state index >= 15 is 0 Å². The molecule has 1 aromatic rings. The quantitative estimate of drug-likeness (QED) is 0.665. The maximum absolute atomic E-state index is 13.5. The van der Waals surface area contributed by atoms with Crippen molar-refractivity contribution in [1.82, 2.24) is 14.9 Å². The van der Waals surface area contributed by atoms with Gasteiger partial charge in [-0.1, -0.05) is 0 Å². The minimum Gasteiger partial charge on any atom is -0.353 e. The number of hydrogen-bond acceptors (Lipinski definition) is 4. The lowest BCUT2D eigenvalue weighted by atomic mass is 10.1. The van der Waals surface area contributed by atoms with E-state index in [9.17, 15) is 26.8 Å². The molecule has 1 heterocycles. The van der Waals surface area contributed by atoms with E-state index in [2.05, 4.69) is 10.6 Å². The number of piperidine rings is 1. The lowest BCUT2D eigenvalue weighted by Crippen LogP contribution is -2.46. The van der Waals surface area contributed by atoms with Crippen LogP contribution in [0.3, 0.4) is 0 Å². The van der Waals surface area contributed by atoms with Gasteiger partial charge in [0, 0.05) is 38.2 Å². The number of rotatable bonds is 7. The average molecular weight is 403 g/mol. The van der Waals surface area contributed by atoms with Crippen LogP contribution in [-0.4, -0.2) is 56.5 Å². The van der Waals surface area contributed by atoms with Gasteiger partial charge in [-0.25, -0.2) is 21.5 Å². The number of carbonyl (C=O) groups excluding carboxylic acids is 2. The lowest BCUT2D eigenvalue weighted by Gasteiger charge is -2.30. The van der Waals surface area contributed by atoms with Crippen molar-refractivity contribution < 1.29 is 26.8 Å². The number of benzene rings is 1. The molecule has 1 aliphatic heterocycles. The second kappa shape index (κ2) is 9.23. The Kier molecular flexibility index (Phi) is 7.25. The maximum atomic E-state index is 13.5. The highest BCUT2D eigenvalue weighted by atomic mass is 32.2. The van der Waals surface area contributed by atoms with Gasteiger partial charge >= 0.3 is 0 Å². The number of nitrogens with one attached hydrogen (secondary N) is 2. The Bertz CT molecular complexity index is 793. The first-order valence-corrected chi connectivity index (χ1v) is 10.5. The molecule has 2 rings (SSSR count). The van der Waals surface area contributed by atoms with Crippen LogP contribution < -0.4 is 10.6 Å². The van der Waals surface area contributed by atoms with Crippen molar-refractivity contribution in [3.05, 3.63) is 35.4 Å². The first kappa shape index (κ1) is 21.2. The van der Waals surface area contributed by atoms with Crippen molar-refractivity contribution >= 4 is 21.8 Å². The molecular formula is C17H23F2N3O4S. The van der Waals surface area contributed by atoms with Crippen LogP contribution in [0.4, 0.5) is 8.78 Å². The van der Waals surface area contributed by atoms with E-state index in [1.54, 1.807) is 0 Å². The molecule has 0 atom stereocenters. The molecule has 1 fully saturated rings. The van der Waals surface area contributed by atoms with Crippen molar-refractivity contribution in [3.63, 3.8) is 0 Å². The molecule has 2 amide bonds. The van der Waals surface area contributed by atoms with Crippen LogP contribution in [0.25, 0.3) is 0 Å². The summed E-state index contributed by atoms with van der Waals surface area (Å²) in [7, 11) is -3.20. The predicted octanol–water partition coefficient (Wildman–Crippen LogP) is 1.01. The number of nitrogens with zero attached hydrogens (tertiary/aromatic N) is 1. The van der Waals surface area contributed by atoms with Gasteiger partial charge in [-0.05, 0) is 31.4 Å². The van der Waals surface area contributed by atoms with Crippen LogP contribution in [-0.2, 0) is 14.8 Å². The van der Waals surface area contributed by atoms with E-state index in [0.29, 0.717) is 38.4 Å². The van der Waals surface area contributed by atoms with Crippen LogP contribution in [0.15, 0.2) is 18.2 Å². The lowest BCUT2D eigenvalue weighted by molar-refractivity contribution is -0.122. The van der Waals surface area contributed by atoms with Gasteiger partial charge in [0.15, 0.2) is 0 Å². The Hall–Kier alpha value is -2.07. The monoisotopic (exact) mass is 403 g/mol. The molecule has 150 valence electrons. The van der Waals surface area contributed by atoms with Crippen molar-refractivity contribution in [2.24, 2.45) is 0 Å². The molecular weight excluding hydrogens is 380 g/mol. The van der Waals surface area contributed by atoms with E-state index in [1.165, 1.54) is 4.31 Å². The Labute approximate surface area is 157 Å². The topological polar surface area (TPSA) is 95.6 Å². The normalized spacial score (nSPS) is 16.1. The summed E-state index contributed by atoms with van der Waals surface area (Å²) in [5.74, 6) is -2.55. The molecule has 0 radical (unpaired) electrons. The summed E-state index contributed by atoms with van der Waals surface area (Å²) in [6.45, 7) is 0.932. The number of sulfonamides is 1. The summed E-state index contributed by atoms with van der Waals surface area (Å²) < 4.78 is 50.6. The van der Waals surface area contributed by atoms with E-state index in [1.807, 2.05) is 0 Å². The van der Waals surface area contributed by atoms with Gasteiger partial charge in [0.25, 0.3) is 5.91 Å². The summed E-state index contributed by atoms with van der Waals surface area (Å²) in [4.78, 5) is 23.8. The minimum atomic E-state index is -3.20. The third kappa shape index (κ3) is 6.55. The van der Waals surface area contributed by atoms with E-state index in [0.717, 1.165) is 18.4 Å². The van der Waals surface area contributed by atoms with Gasteiger partial charge in [-0.15, -0.1) is 0 Å². The highest BCUT2D eigenvalue weighted by Gasteiger charge is 2.25. The molecule has 2 N–H and O–H groups in total. The van der Waals surface area contributed by atoms with Gasteiger partial charge in [0.1, 0.15) is 11.6 Å². The van der Waals surface area contributed by atoms with Crippen LogP contribution in [0.2, 0.25) is 0 Å². The van der Waals surface area contributed by atoms with E-state index in [4.69, 9.17) is 0 Å². The third-order valence-corrected chi connectivity index (χ3v) is 5.63. The van der Waals surface area contributed by atoms with Gasteiger partial charge in [-0.2, -0.15) is 0 Å². The minimum absolute atomic E-state index is 0.0709. The number of amides is 2. The first-order chi connectivity index (χ1) is 12.7. The van der Waals surface area contributed by atoms with Crippen molar-refractivity contribution in [1.29, 1.82) is 0 Å². The molecule has 7 nitrogen and oxygen atoms in total. The summed E-state index contributed by atoms with van der Waals surface area (Å²) >= 11 is 0. The fraction of sp³-hybridized carbons (Fsp3) is 0.529. The summed E-state index contributed by atoms with van der Waals surface area (Å²) in [6.07, 6.45) is 2.82. The number of carbonyl (C=O) groups is 2. The Morgan fingerprint density at radius 2 is 1.89 bits per heavy atom. The fourth-order valence-electron chi connectivity index (χ4n) is 2.85. The maximum Gasteiger partial charge on any atom is 0.254 e. The van der Waals surface area contributed by atoms with E-state index < -0.39 is 27.6 Å². The first-order valence-electron chi connectivity index (χ1n) is 8.64. The Morgan fingerprint density at radius 3 is 2.48 bits per heavy atom. The second-order valence-corrected chi connectivity index (χ2v) is 8.47. The highest BCUT2D eigenvalue weighted by Crippen LogP contribution is 2.13. The number of hydrogen-bond donors (Lipinski definition) is 2. The summed E-state index contributed by atoms with van der Waals surface area (Å²) in [5, 5.41) is 5.34. The largest absolute Gasteiger partial charge is 0.353 e. The SMILES string of the molecule is CS(=O)(=O)N1CCC(NC(=O)CCCNC(=O)c2ccc(F)cc2F)CC1. The van der Waals surface area contributed by atoms with Gasteiger partial charge in [0.05, 0.1) is 11.8 Å². The Morgan fingerprint density at radius 1 is 1.22 bits per heavy atom. The van der Waals surface area contributed by atoms with Crippen molar-refractivity contribution in [2.75, 3.05) is 25.9 Å². The molecule has 1 aromatic carbocycles. The second-order valence-electron chi connectivity index (χ2n) is 6.49. The summed E-state index contributed by atoms with van der Waals surface area (Å²) in [6, 6.07) is 2.63. The molecule has 0 aliphatic carbocycles. The van der Waals surface area contributed by atoms with Crippen molar-refractivity contribution in [3.8, 4) is 0 Å². The molecule has 1 aliphatic rings. The van der Waals surface area contributed by atoms with Crippen molar-refractivity contribution in [2.45, 2.75) is 31.7 Å². The summed E-state index contributed by atoms with van der Waals surface area (Å²) in [5.41, 5.74) is -0.251. The highest BCUT2D eigenvalue weighted by molar-refractivity contribution is 7.88. The predicted molar refractivity (Wildman–Crippen MR) is 95.5 cm³/mol. The third-order valence-electron chi connectivity index (χ3n) is 4.33. The zero-order valence-electron chi connectivity index (χ0n) is 15.0. The molecule has 0 spiro atoms. The van der Waals surface area contributed by atoms with Gasteiger partial charge in [-0.3, -0.25) is 9.59 Å². The standard InChI is InChI=1S/C17H23F2N3O4S/c1-27(25,26)22-9-6-13(7-10-22)21-16(23)3-2-8-20-17(24)14-5-4-12(18)11-15(14)19/h4-5,11,13H,2-3,6-10H2,1H3,(H,20,24)(H,21,23). The van der Waals surface area contributed by atoms with Crippen LogP contribution >= 0.6 is 0 Å². The molecule has 0 saturated carbocycles. The zero-order valence-corrected chi connectivity index (χ0v) is 15.8.